The predicted octanol–water partition coefficient (Wildman–Crippen LogP) is 1.76. The molecular formula is C22H24N2O6. The van der Waals surface area contributed by atoms with Crippen molar-refractivity contribution < 1.29 is 28.7 Å². The van der Waals surface area contributed by atoms with Gasteiger partial charge in [0, 0.05) is 12.1 Å². The van der Waals surface area contributed by atoms with Crippen LogP contribution in [0.4, 0.5) is 0 Å². The summed E-state index contributed by atoms with van der Waals surface area (Å²) >= 11 is 0. The molecule has 0 saturated carbocycles. The maximum atomic E-state index is 12.2. The van der Waals surface area contributed by atoms with Gasteiger partial charge in [0.1, 0.15) is 6.04 Å². The van der Waals surface area contributed by atoms with E-state index in [2.05, 4.69) is 15.4 Å². The van der Waals surface area contributed by atoms with Gasteiger partial charge in [0.15, 0.2) is 6.61 Å². The molecule has 0 aromatic heterocycles. The summed E-state index contributed by atoms with van der Waals surface area (Å²) in [5.41, 5.74) is 2.53. The Balaban J connectivity index is 1.75. The molecule has 0 aliphatic heterocycles. The minimum atomic E-state index is -0.906. The zero-order valence-electron chi connectivity index (χ0n) is 17.1. The molecule has 8 heteroatoms. The molecule has 0 aliphatic carbocycles. The zero-order chi connectivity index (χ0) is 22.1. The molecule has 8 nitrogen and oxygen atoms in total. The number of aryl methyl sites for hydroxylation is 1. The van der Waals surface area contributed by atoms with Crippen molar-refractivity contribution in [3.05, 3.63) is 70.8 Å². The van der Waals surface area contributed by atoms with Crippen LogP contribution in [-0.2, 0) is 25.6 Å². The van der Waals surface area contributed by atoms with E-state index < -0.39 is 36.4 Å². The first-order chi connectivity index (χ1) is 14.3. The van der Waals surface area contributed by atoms with Gasteiger partial charge in [0.25, 0.3) is 11.8 Å². The number of amides is 2. The number of ether oxygens (including phenoxy) is 2. The Bertz CT molecular complexity index is 923. The second-order valence-corrected chi connectivity index (χ2v) is 6.64. The molecule has 2 aromatic carbocycles. The van der Waals surface area contributed by atoms with E-state index in [1.807, 2.05) is 13.0 Å². The van der Waals surface area contributed by atoms with E-state index in [-0.39, 0.29) is 6.54 Å². The van der Waals surface area contributed by atoms with Crippen molar-refractivity contribution in [2.24, 2.45) is 0 Å². The predicted molar refractivity (Wildman–Crippen MR) is 109 cm³/mol. The molecule has 0 radical (unpaired) electrons. The number of methoxy groups -OCH3 is 1. The largest absolute Gasteiger partial charge is 0.465 e. The average molecular weight is 412 g/mol. The molecule has 0 heterocycles. The Morgan fingerprint density at radius 2 is 1.70 bits per heavy atom. The molecule has 30 heavy (non-hydrogen) atoms. The third kappa shape index (κ3) is 6.73. The Morgan fingerprint density at radius 3 is 2.33 bits per heavy atom. The second-order valence-electron chi connectivity index (χ2n) is 6.64. The molecule has 2 amide bonds. The molecule has 0 spiro atoms. The molecule has 1 atom stereocenters. The molecule has 2 aromatic rings. The van der Waals surface area contributed by atoms with Crippen molar-refractivity contribution in [1.82, 2.24) is 10.6 Å². The van der Waals surface area contributed by atoms with Crippen molar-refractivity contribution in [2.45, 2.75) is 26.4 Å². The lowest BCUT2D eigenvalue weighted by Gasteiger charge is -2.13. The molecule has 158 valence electrons. The normalized spacial score (nSPS) is 11.2. The van der Waals surface area contributed by atoms with E-state index in [1.165, 1.54) is 14.0 Å². The second kappa shape index (κ2) is 10.8. The van der Waals surface area contributed by atoms with Crippen molar-refractivity contribution in [1.29, 1.82) is 0 Å². The minimum absolute atomic E-state index is 0.206. The lowest BCUT2D eigenvalue weighted by Crippen LogP contribution is -2.41. The number of rotatable bonds is 8. The molecule has 0 saturated heterocycles. The highest BCUT2D eigenvalue weighted by atomic mass is 16.5. The third-order valence-electron chi connectivity index (χ3n) is 4.19. The molecule has 0 unspecified atom stereocenters. The van der Waals surface area contributed by atoms with Crippen LogP contribution in [0.3, 0.4) is 0 Å². The maximum Gasteiger partial charge on any atom is 0.337 e. The van der Waals surface area contributed by atoms with Gasteiger partial charge in [0.2, 0.25) is 0 Å². The van der Waals surface area contributed by atoms with Gasteiger partial charge in [-0.15, -0.1) is 0 Å². The summed E-state index contributed by atoms with van der Waals surface area (Å²) in [6.45, 7) is 3.08. The van der Waals surface area contributed by atoms with Crippen LogP contribution in [0.5, 0.6) is 0 Å². The third-order valence-corrected chi connectivity index (χ3v) is 4.19. The lowest BCUT2D eigenvalue weighted by molar-refractivity contribution is -0.150. The first-order valence-electron chi connectivity index (χ1n) is 9.28. The van der Waals surface area contributed by atoms with E-state index in [1.54, 1.807) is 42.5 Å². The van der Waals surface area contributed by atoms with Gasteiger partial charge in [-0.25, -0.2) is 9.59 Å². The number of hydrogen-bond donors (Lipinski definition) is 2. The van der Waals surface area contributed by atoms with Gasteiger partial charge < -0.3 is 20.1 Å². The van der Waals surface area contributed by atoms with E-state index in [0.717, 1.165) is 11.1 Å². The Kier molecular flexibility index (Phi) is 8.10. The monoisotopic (exact) mass is 412 g/mol. The van der Waals surface area contributed by atoms with Crippen molar-refractivity contribution in [3.63, 3.8) is 0 Å². The first kappa shape index (κ1) is 22.6. The summed E-state index contributed by atoms with van der Waals surface area (Å²) in [4.78, 5) is 47.5. The van der Waals surface area contributed by atoms with Crippen LogP contribution in [-0.4, -0.2) is 43.5 Å². The summed E-state index contributed by atoms with van der Waals surface area (Å²) in [5, 5.41) is 5.15. The van der Waals surface area contributed by atoms with Crippen molar-refractivity contribution >= 4 is 23.8 Å². The summed E-state index contributed by atoms with van der Waals surface area (Å²) in [7, 11) is 1.30. The van der Waals surface area contributed by atoms with Gasteiger partial charge in [-0.05, 0) is 43.7 Å². The maximum absolute atomic E-state index is 12.2. The van der Waals surface area contributed by atoms with Crippen molar-refractivity contribution in [3.8, 4) is 0 Å². The number of nitrogens with one attached hydrogen (secondary N) is 2. The first-order valence-corrected chi connectivity index (χ1v) is 9.28. The number of carbonyl (C=O) groups is 4. The van der Waals surface area contributed by atoms with Crippen molar-refractivity contribution in [2.75, 3.05) is 13.7 Å². The van der Waals surface area contributed by atoms with E-state index in [4.69, 9.17) is 4.74 Å². The molecule has 0 aliphatic rings. The van der Waals surface area contributed by atoms with E-state index >= 15 is 0 Å². The Morgan fingerprint density at radius 1 is 1.00 bits per heavy atom. The van der Waals surface area contributed by atoms with E-state index in [0.29, 0.717) is 11.1 Å². The molecule has 2 rings (SSSR count). The van der Waals surface area contributed by atoms with Gasteiger partial charge in [-0.3, -0.25) is 9.59 Å². The smallest absolute Gasteiger partial charge is 0.337 e. The standard InChI is InChI=1S/C22H24N2O6/c1-14-5-4-6-18(11-14)20(26)24-15(2)21(27)30-13-19(25)23-12-16-7-9-17(10-8-16)22(28)29-3/h4-11,15H,12-13H2,1-3H3,(H,23,25)(H,24,26)/t15-/m0/s1. The molecule has 2 N–H and O–H groups in total. The fourth-order valence-electron chi connectivity index (χ4n) is 2.52. The van der Waals surface area contributed by atoms with Gasteiger partial charge in [-0.2, -0.15) is 0 Å². The van der Waals surface area contributed by atoms with E-state index in [9.17, 15) is 19.2 Å². The number of carbonyl (C=O) groups excluding carboxylic acids is 4. The van der Waals surface area contributed by atoms with Gasteiger partial charge in [0.05, 0.1) is 12.7 Å². The molecule has 0 fully saturated rings. The Hall–Kier alpha value is -3.68. The summed E-state index contributed by atoms with van der Waals surface area (Å²) < 4.78 is 9.57. The highest BCUT2D eigenvalue weighted by Gasteiger charge is 2.19. The summed E-state index contributed by atoms with van der Waals surface area (Å²) in [6, 6.07) is 12.6. The van der Waals surface area contributed by atoms with Crippen LogP contribution < -0.4 is 10.6 Å². The Labute approximate surface area is 174 Å². The number of benzene rings is 2. The number of hydrogen-bond acceptors (Lipinski definition) is 6. The van der Waals surface area contributed by atoms with Crippen LogP contribution in [0.1, 0.15) is 38.8 Å². The van der Waals surface area contributed by atoms with Gasteiger partial charge >= 0.3 is 11.9 Å². The highest BCUT2D eigenvalue weighted by molar-refractivity contribution is 5.97. The number of esters is 2. The fourth-order valence-corrected chi connectivity index (χ4v) is 2.52. The van der Waals surface area contributed by atoms with Gasteiger partial charge in [-0.1, -0.05) is 29.8 Å². The zero-order valence-corrected chi connectivity index (χ0v) is 17.1. The lowest BCUT2D eigenvalue weighted by atomic mass is 10.1. The fraction of sp³-hybridized carbons (Fsp3) is 0.273. The molecule has 0 bridgehead atoms. The van der Waals surface area contributed by atoms with Crippen LogP contribution >= 0.6 is 0 Å². The summed E-state index contributed by atoms with van der Waals surface area (Å²) in [5.74, 6) is -2.05. The molecular weight excluding hydrogens is 388 g/mol. The quantitative estimate of drug-likeness (QED) is 0.639. The van der Waals surface area contributed by atoms with Crippen LogP contribution in [0.15, 0.2) is 48.5 Å². The minimum Gasteiger partial charge on any atom is -0.465 e. The van der Waals surface area contributed by atoms with Crippen LogP contribution in [0, 0.1) is 6.92 Å². The van der Waals surface area contributed by atoms with Crippen LogP contribution in [0.2, 0.25) is 0 Å². The SMILES string of the molecule is COC(=O)c1ccc(CNC(=O)COC(=O)[C@H](C)NC(=O)c2cccc(C)c2)cc1. The average Bonchev–Trinajstić information content (AvgIpc) is 2.75. The highest BCUT2D eigenvalue weighted by Crippen LogP contribution is 2.06. The topological polar surface area (TPSA) is 111 Å². The summed E-state index contributed by atoms with van der Waals surface area (Å²) in [6.07, 6.45) is 0. The van der Waals surface area contributed by atoms with Crippen LogP contribution in [0.25, 0.3) is 0 Å².